The Bertz CT molecular complexity index is 574. The maximum Gasteiger partial charge on any atom is 0.234 e. The van der Waals surface area contributed by atoms with E-state index in [9.17, 15) is 9.59 Å². The van der Waals surface area contributed by atoms with Crippen molar-refractivity contribution in [3.63, 3.8) is 0 Å². The van der Waals surface area contributed by atoms with Gasteiger partial charge in [-0.3, -0.25) is 19.5 Å². The quantitative estimate of drug-likeness (QED) is 0.867. The Balaban J connectivity index is 1.89. The highest BCUT2D eigenvalue weighted by molar-refractivity contribution is 8.15. The number of amides is 2. The number of carbonyl (C=O) groups is 2. The second-order valence-corrected chi connectivity index (χ2v) is 6.40. The van der Waals surface area contributed by atoms with Crippen molar-refractivity contribution in [2.24, 2.45) is 4.99 Å². The molecule has 0 spiro atoms. The minimum absolute atomic E-state index is 0.0262. The first-order valence-corrected chi connectivity index (χ1v) is 8.86. The standard InChI is InChI=1S/C17H23N3O2S/c1-3-18-17-20(4-2)15(21)12-14(23-17)16(22)19-11-10-13-8-6-5-7-9-13/h5-9,14H,3-4,10-12H2,1-2H3,(H,19,22)/t14-/m1/s1. The van der Waals surface area contributed by atoms with Gasteiger partial charge < -0.3 is 5.32 Å². The van der Waals surface area contributed by atoms with E-state index < -0.39 is 0 Å². The van der Waals surface area contributed by atoms with Crippen LogP contribution in [0.4, 0.5) is 0 Å². The van der Waals surface area contributed by atoms with Crippen molar-refractivity contribution in [2.75, 3.05) is 19.6 Å². The first kappa shape index (κ1) is 17.5. The van der Waals surface area contributed by atoms with Gasteiger partial charge in [-0.15, -0.1) is 0 Å². The smallest absolute Gasteiger partial charge is 0.234 e. The van der Waals surface area contributed by atoms with Crippen molar-refractivity contribution in [2.45, 2.75) is 31.9 Å². The number of carbonyl (C=O) groups excluding carboxylic acids is 2. The topological polar surface area (TPSA) is 61.8 Å². The van der Waals surface area contributed by atoms with Crippen LogP contribution >= 0.6 is 11.8 Å². The number of nitrogens with one attached hydrogen (secondary N) is 1. The first-order valence-electron chi connectivity index (χ1n) is 7.98. The minimum Gasteiger partial charge on any atom is -0.355 e. The predicted molar refractivity (Wildman–Crippen MR) is 94.5 cm³/mol. The lowest BCUT2D eigenvalue weighted by Crippen LogP contribution is -2.47. The molecule has 0 saturated carbocycles. The van der Waals surface area contributed by atoms with Crippen LogP contribution in [0.15, 0.2) is 35.3 Å². The molecule has 1 aliphatic heterocycles. The molecule has 1 N–H and O–H groups in total. The Labute approximate surface area is 141 Å². The Kier molecular flexibility index (Phi) is 6.65. The van der Waals surface area contributed by atoms with Gasteiger partial charge in [0.2, 0.25) is 11.8 Å². The highest BCUT2D eigenvalue weighted by atomic mass is 32.2. The highest BCUT2D eigenvalue weighted by Crippen LogP contribution is 2.26. The van der Waals surface area contributed by atoms with Crippen molar-refractivity contribution in [3.8, 4) is 0 Å². The third-order valence-electron chi connectivity index (χ3n) is 3.60. The summed E-state index contributed by atoms with van der Waals surface area (Å²) in [5, 5.41) is 3.21. The zero-order chi connectivity index (χ0) is 16.7. The highest BCUT2D eigenvalue weighted by Gasteiger charge is 2.34. The van der Waals surface area contributed by atoms with Crippen molar-refractivity contribution in [1.82, 2.24) is 10.2 Å². The summed E-state index contributed by atoms with van der Waals surface area (Å²) in [6.45, 7) is 5.62. The lowest BCUT2D eigenvalue weighted by atomic mass is 10.1. The van der Waals surface area contributed by atoms with Crippen LogP contribution in [-0.2, 0) is 16.0 Å². The summed E-state index contributed by atoms with van der Waals surface area (Å²) in [6.07, 6.45) is 1.02. The summed E-state index contributed by atoms with van der Waals surface area (Å²) < 4.78 is 0. The SMILES string of the molecule is CCN=C1S[C@@H](C(=O)NCCc2ccccc2)CC(=O)N1CC. The third kappa shape index (κ3) is 4.82. The molecule has 23 heavy (non-hydrogen) atoms. The zero-order valence-electron chi connectivity index (χ0n) is 13.6. The number of hydrogen-bond donors (Lipinski definition) is 1. The van der Waals surface area contributed by atoms with Gasteiger partial charge in [0.25, 0.3) is 0 Å². The van der Waals surface area contributed by atoms with Gasteiger partial charge >= 0.3 is 0 Å². The summed E-state index contributed by atoms with van der Waals surface area (Å²) >= 11 is 1.39. The van der Waals surface area contributed by atoms with Crippen LogP contribution in [0.25, 0.3) is 0 Å². The van der Waals surface area contributed by atoms with Crippen molar-refractivity contribution in [3.05, 3.63) is 35.9 Å². The van der Waals surface area contributed by atoms with E-state index in [2.05, 4.69) is 10.3 Å². The second kappa shape index (κ2) is 8.72. The molecule has 1 saturated heterocycles. The van der Waals surface area contributed by atoms with E-state index in [1.165, 1.54) is 17.3 Å². The van der Waals surface area contributed by atoms with Gasteiger partial charge in [-0.05, 0) is 25.8 Å². The molecule has 5 nitrogen and oxygen atoms in total. The maximum atomic E-state index is 12.3. The number of nitrogens with zero attached hydrogens (tertiary/aromatic N) is 2. The van der Waals surface area contributed by atoms with E-state index in [1.807, 2.05) is 44.2 Å². The molecule has 2 rings (SSSR count). The minimum atomic E-state index is -0.383. The van der Waals surface area contributed by atoms with Gasteiger partial charge in [0.05, 0.1) is 5.25 Å². The molecule has 124 valence electrons. The molecule has 1 heterocycles. The maximum absolute atomic E-state index is 12.3. The molecule has 1 aromatic rings. The molecule has 2 amide bonds. The Morgan fingerprint density at radius 1 is 1.35 bits per heavy atom. The summed E-state index contributed by atoms with van der Waals surface area (Å²) in [5.74, 6) is -0.111. The summed E-state index contributed by atoms with van der Waals surface area (Å²) in [4.78, 5) is 30.5. The molecular formula is C17H23N3O2S. The zero-order valence-corrected chi connectivity index (χ0v) is 14.4. The Morgan fingerprint density at radius 3 is 2.74 bits per heavy atom. The fraction of sp³-hybridized carbons (Fsp3) is 0.471. The van der Waals surface area contributed by atoms with E-state index in [-0.39, 0.29) is 23.5 Å². The molecule has 1 aliphatic rings. The Morgan fingerprint density at radius 2 is 2.09 bits per heavy atom. The van der Waals surface area contributed by atoms with Crippen LogP contribution in [0.1, 0.15) is 25.8 Å². The number of amidine groups is 1. The second-order valence-electron chi connectivity index (χ2n) is 5.23. The number of hydrogen-bond acceptors (Lipinski definition) is 4. The molecule has 6 heteroatoms. The van der Waals surface area contributed by atoms with Gasteiger partial charge in [0, 0.05) is 26.1 Å². The van der Waals surface area contributed by atoms with Crippen LogP contribution in [0, 0.1) is 0 Å². The van der Waals surface area contributed by atoms with Gasteiger partial charge in [-0.1, -0.05) is 42.1 Å². The third-order valence-corrected chi connectivity index (χ3v) is 4.82. The number of benzene rings is 1. The summed E-state index contributed by atoms with van der Waals surface area (Å²) in [5.41, 5.74) is 1.19. The number of rotatable bonds is 6. The average Bonchev–Trinajstić information content (AvgIpc) is 2.56. The average molecular weight is 333 g/mol. The number of aliphatic imine (C=N–C) groups is 1. The van der Waals surface area contributed by atoms with E-state index in [0.717, 1.165) is 6.42 Å². The first-order chi connectivity index (χ1) is 11.2. The lowest BCUT2D eigenvalue weighted by Gasteiger charge is -2.30. The lowest BCUT2D eigenvalue weighted by molar-refractivity contribution is -0.130. The van der Waals surface area contributed by atoms with Crippen molar-refractivity contribution < 1.29 is 9.59 Å². The van der Waals surface area contributed by atoms with Crippen molar-refractivity contribution in [1.29, 1.82) is 0 Å². The largest absolute Gasteiger partial charge is 0.355 e. The molecule has 0 bridgehead atoms. The normalized spacial score (nSPS) is 19.9. The molecule has 1 fully saturated rings. The molecule has 0 unspecified atom stereocenters. The van der Waals surface area contributed by atoms with Crippen LogP contribution in [-0.4, -0.2) is 46.8 Å². The van der Waals surface area contributed by atoms with Crippen LogP contribution in [0.5, 0.6) is 0 Å². The van der Waals surface area contributed by atoms with Gasteiger partial charge in [-0.2, -0.15) is 0 Å². The van der Waals surface area contributed by atoms with Crippen LogP contribution in [0.2, 0.25) is 0 Å². The fourth-order valence-electron chi connectivity index (χ4n) is 2.41. The summed E-state index contributed by atoms with van der Waals surface area (Å²) in [7, 11) is 0. The van der Waals surface area contributed by atoms with Crippen LogP contribution < -0.4 is 5.32 Å². The Hall–Kier alpha value is -1.82. The van der Waals surface area contributed by atoms with Gasteiger partial charge in [0.15, 0.2) is 5.17 Å². The predicted octanol–water partition coefficient (Wildman–Crippen LogP) is 2.08. The molecule has 0 aliphatic carbocycles. The molecule has 1 atom stereocenters. The fourth-order valence-corrected chi connectivity index (χ4v) is 3.64. The van der Waals surface area contributed by atoms with Gasteiger partial charge in [0.1, 0.15) is 0 Å². The van der Waals surface area contributed by atoms with E-state index in [4.69, 9.17) is 0 Å². The van der Waals surface area contributed by atoms with Crippen LogP contribution in [0.3, 0.4) is 0 Å². The van der Waals surface area contributed by atoms with Crippen molar-refractivity contribution >= 4 is 28.7 Å². The molecule has 1 aromatic carbocycles. The molecular weight excluding hydrogens is 310 g/mol. The summed E-state index contributed by atoms with van der Waals surface area (Å²) in [6, 6.07) is 10.0. The monoisotopic (exact) mass is 333 g/mol. The number of thioether (sulfide) groups is 1. The van der Waals surface area contributed by atoms with E-state index in [0.29, 0.717) is 24.8 Å². The molecule has 0 radical (unpaired) electrons. The van der Waals surface area contributed by atoms with Gasteiger partial charge in [-0.25, -0.2) is 0 Å². The molecule has 0 aromatic heterocycles. The van der Waals surface area contributed by atoms with E-state index in [1.54, 1.807) is 4.90 Å². The van der Waals surface area contributed by atoms with E-state index >= 15 is 0 Å².